The number of anilines is 1. The molecule has 1 saturated heterocycles. The molecule has 1 aromatic carbocycles. The van der Waals surface area contributed by atoms with Gasteiger partial charge < -0.3 is 19.7 Å². The Bertz CT molecular complexity index is 1110. The highest BCUT2D eigenvalue weighted by atomic mass is 16.5. The van der Waals surface area contributed by atoms with Crippen LogP contribution in [0.3, 0.4) is 0 Å². The van der Waals surface area contributed by atoms with Gasteiger partial charge in [-0.2, -0.15) is 4.52 Å². The summed E-state index contributed by atoms with van der Waals surface area (Å²) >= 11 is 0. The van der Waals surface area contributed by atoms with E-state index in [9.17, 15) is 4.79 Å². The van der Waals surface area contributed by atoms with Crippen molar-refractivity contribution in [1.29, 1.82) is 0 Å². The molecule has 3 aromatic rings. The van der Waals surface area contributed by atoms with E-state index in [1.807, 2.05) is 34.8 Å². The number of rotatable bonds is 8. The monoisotopic (exact) mass is 452 g/mol. The summed E-state index contributed by atoms with van der Waals surface area (Å²) in [5.41, 5.74) is 1.83. The van der Waals surface area contributed by atoms with Gasteiger partial charge in [0.15, 0.2) is 23.0 Å². The molecule has 1 N–H and O–H groups in total. The van der Waals surface area contributed by atoms with Crippen LogP contribution in [0.15, 0.2) is 30.3 Å². The zero-order valence-electron chi connectivity index (χ0n) is 19.7. The number of amides is 1. The molecule has 0 radical (unpaired) electrons. The van der Waals surface area contributed by atoms with E-state index < -0.39 is 0 Å². The van der Waals surface area contributed by atoms with E-state index in [0.717, 1.165) is 48.7 Å². The number of hydrogen-bond acceptors (Lipinski definition) is 7. The van der Waals surface area contributed by atoms with Gasteiger partial charge in [0.05, 0.1) is 20.1 Å². The van der Waals surface area contributed by atoms with Crippen molar-refractivity contribution in [2.24, 2.45) is 5.92 Å². The minimum Gasteiger partial charge on any atom is -0.493 e. The van der Waals surface area contributed by atoms with Gasteiger partial charge >= 0.3 is 0 Å². The average Bonchev–Trinajstić information content (AvgIpc) is 3.27. The van der Waals surface area contributed by atoms with Gasteiger partial charge in [0.25, 0.3) is 0 Å². The first kappa shape index (κ1) is 22.8. The first-order chi connectivity index (χ1) is 16.0. The van der Waals surface area contributed by atoms with Crippen LogP contribution in [0.5, 0.6) is 11.5 Å². The second-order valence-corrected chi connectivity index (χ2v) is 8.69. The van der Waals surface area contributed by atoms with Gasteiger partial charge in [0, 0.05) is 25.6 Å². The Kier molecular flexibility index (Phi) is 6.96. The quantitative estimate of drug-likeness (QED) is 0.562. The average molecular weight is 453 g/mol. The van der Waals surface area contributed by atoms with Gasteiger partial charge in [0.2, 0.25) is 5.91 Å². The molecule has 2 aromatic heterocycles. The second kappa shape index (κ2) is 10.1. The molecule has 0 unspecified atom stereocenters. The van der Waals surface area contributed by atoms with Crippen molar-refractivity contribution >= 4 is 17.4 Å². The topological polar surface area (TPSA) is 93.9 Å². The molecular formula is C24H32N6O3. The van der Waals surface area contributed by atoms with Crippen LogP contribution >= 0.6 is 0 Å². The number of ether oxygens (including phenoxy) is 2. The molecule has 176 valence electrons. The molecule has 1 fully saturated rings. The first-order valence-electron chi connectivity index (χ1n) is 11.5. The fraction of sp³-hybridized carbons (Fsp3) is 0.500. The summed E-state index contributed by atoms with van der Waals surface area (Å²) in [4.78, 5) is 15.1. The normalized spacial score (nSPS) is 16.3. The zero-order chi connectivity index (χ0) is 23.4. The van der Waals surface area contributed by atoms with E-state index in [2.05, 4.69) is 34.3 Å². The van der Waals surface area contributed by atoms with Gasteiger partial charge in [-0.25, -0.2) is 0 Å². The lowest BCUT2D eigenvalue weighted by Gasteiger charge is -2.32. The number of fused-ring (bicyclic) bond motifs is 1. The van der Waals surface area contributed by atoms with Gasteiger partial charge in [-0.15, -0.1) is 15.3 Å². The molecular weight excluding hydrogens is 420 g/mol. The maximum atomic E-state index is 12.9. The van der Waals surface area contributed by atoms with Crippen LogP contribution in [0.2, 0.25) is 0 Å². The van der Waals surface area contributed by atoms with Gasteiger partial charge in [-0.05, 0) is 49.1 Å². The molecule has 9 heteroatoms. The summed E-state index contributed by atoms with van der Waals surface area (Å²) in [6, 6.07) is 9.73. The van der Waals surface area contributed by atoms with Crippen LogP contribution in [0.4, 0.5) is 5.82 Å². The van der Waals surface area contributed by atoms with Crippen LogP contribution in [-0.2, 0) is 11.2 Å². The Morgan fingerprint density at radius 3 is 2.73 bits per heavy atom. The fourth-order valence-corrected chi connectivity index (χ4v) is 4.23. The molecule has 4 rings (SSSR count). The number of nitrogens with one attached hydrogen (secondary N) is 1. The van der Waals surface area contributed by atoms with E-state index in [-0.39, 0.29) is 17.7 Å². The third-order valence-corrected chi connectivity index (χ3v) is 6.07. The number of aromatic nitrogens is 4. The molecule has 1 amide bonds. The third-order valence-electron chi connectivity index (χ3n) is 6.07. The molecule has 1 aliphatic heterocycles. The number of methoxy groups -OCH3 is 2. The highest BCUT2D eigenvalue weighted by molar-refractivity contribution is 5.79. The van der Waals surface area contributed by atoms with Crippen molar-refractivity contribution in [1.82, 2.24) is 25.1 Å². The summed E-state index contributed by atoms with van der Waals surface area (Å²) in [5.74, 6) is 3.35. The molecule has 0 aliphatic carbocycles. The fourth-order valence-electron chi connectivity index (χ4n) is 4.23. The summed E-state index contributed by atoms with van der Waals surface area (Å²) in [5, 5.41) is 16.3. The molecule has 9 nitrogen and oxygen atoms in total. The number of carbonyl (C=O) groups excluding carboxylic acids is 1. The molecule has 0 spiro atoms. The highest BCUT2D eigenvalue weighted by Crippen LogP contribution is 2.28. The first-order valence-corrected chi connectivity index (χ1v) is 11.5. The van der Waals surface area contributed by atoms with E-state index in [0.29, 0.717) is 24.6 Å². The van der Waals surface area contributed by atoms with E-state index in [1.165, 1.54) is 0 Å². The van der Waals surface area contributed by atoms with E-state index in [1.54, 1.807) is 14.2 Å². The Hall–Kier alpha value is -3.36. The number of carbonyl (C=O) groups is 1. The smallest absolute Gasteiger partial charge is 0.224 e. The maximum absolute atomic E-state index is 12.9. The summed E-state index contributed by atoms with van der Waals surface area (Å²) in [7, 11) is 3.24. The lowest BCUT2D eigenvalue weighted by molar-refractivity contribution is -0.125. The lowest BCUT2D eigenvalue weighted by Crippen LogP contribution is -2.44. The van der Waals surface area contributed by atoms with Crippen LogP contribution in [-0.4, -0.2) is 59.6 Å². The van der Waals surface area contributed by atoms with Crippen molar-refractivity contribution in [3.8, 4) is 11.5 Å². The number of nitrogens with zero attached hydrogens (tertiary/aromatic N) is 5. The van der Waals surface area contributed by atoms with Crippen LogP contribution in [0, 0.1) is 5.92 Å². The van der Waals surface area contributed by atoms with Crippen LogP contribution < -0.4 is 19.7 Å². The van der Waals surface area contributed by atoms with Gasteiger partial charge in [-0.1, -0.05) is 19.9 Å². The summed E-state index contributed by atoms with van der Waals surface area (Å²) < 4.78 is 12.5. The number of hydrogen-bond donors (Lipinski definition) is 1. The lowest BCUT2D eigenvalue weighted by atomic mass is 9.97. The molecule has 1 atom stereocenters. The van der Waals surface area contributed by atoms with Crippen molar-refractivity contribution in [2.45, 2.75) is 39.0 Å². The Morgan fingerprint density at radius 1 is 1.15 bits per heavy atom. The molecule has 33 heavy (non-hydrogen) atoms. The maximum Gasteiger partial charge on any atom is 0.224 e. The summed E-state index contributed by atoms with van der Waals surface area (Å²) in [6.45, 7) is 6.27. The predicted molar refractivity (Wildman–Crippen MR) is 126 cm³/mol. The SMILES string of the molecule is COc1ccc(CCNC(=O)[C@@H]2CCCN(c3ccc4nnc(C(C)C)n4n3)C2)cc1OC. The highest BCUT2D eigenvalue weighted by Gasteiger charge is 2.27. The minimum atomic E-state index is -0.0628. The molecule has 1 aliphatic rings. The van der Waals surface area contributed by atoms with Crippen LogP contribution in [0.25, 0.3) is 5.65 Å². The number of benzene rings is 1. The minimum absolute atomic E-state index is 0.0628. The predicted octanol–water partition coefficient (Wildman–Crippen LogP) is 2.84. The number of piperidine rings is 1. The molecule has 0 bridgehead atoms. The van der Waals surface area contributed by atoms with Crippen molar-refractivity contribution in [3.05, 3.63) is 41.7 Å². The van der Waals surface area contributed by atoms with Gasteiger partial charge in [-0.3, -0.25) is 4.79 Å². The molecule has 3 heterocycles. The Morgan fingerprint density at radius 2 is 1.97 bits per heavy atom. The summed E-state index contributed by atoms with van der Waals surface area (Å²) in [6.07, 6.45) is 2.56. The Labute approximate surface area is 194 Å². The van der Waals surface area contributed by atoms with E-state index in [4.69, 9.17) is 14.6 Å². The Balaban J connectivity index is 1.36. The van der Waals surface area contributed by atoms with Crippen LogP contribution in [0.1, 0.15) is 44.0 Å². The van der Waals surface area contributed by atoms with E-state index >= 15 is 0 Å². The second-order valence-electron chi connectivity index (χ2n) is 8.69. The standard InChI is InChI=1S/C24H32N6O3/c1-16(2)23-27-26-21-9-10-22(28-30(21)23)29-13-5-6-18(15-29)24(31)25-12-11-17-7-8-19(32-3)20(14-17)33-4/h7-10,14,16,18H,5-6,11-13,15H2,1-4H3,(H,25,31)/t18-/m1/s1. The third kappa shape index (κ3) is 5.02. The van der Waals surface area contributed by atoms with Crippen molar-refractivity contribution in [3.63, 3.8) is 0 Å². The van der Waals surface area contributed by atoms with Crippen molar-refractivity contribution < 1.29 is 14.3 Å². The van der Waals surface area contributed by atoms with Crippen molar-refractivity contribution in [2.75, 3.05) is 38.8 Å². The van der Waals surface area contributed by atoms with Gasteiger partial charge in [0.1, 0.15) is 5.82 Å². The zero-order valence-corrected chi connectivity index (χ0v) is 19.7. The molecule has 0 saturated carbocycles. The largest absolute Gasteiger partial charge is 0.493 e.